The van der Waals surface area contributed by atoms with Crippen LogP contribution < -0.4 is 4.72 Å². The van der Waals surface area contributed by atoms with Crippen molar-refractivity contribution >= 4 is 15.6 Å². The van der Waals surface area contributed by atoms with Gasteiger partial charge in [0.25, 0.3) is 0 Å². The molecule has 0 aromatic heterocycles. The highest BCUT2D eigenvalue weighted by Crippen LogP contribution is 2.29. The summed E-state index contributed by atoms with van der Waals surface area (Å²) in [7, 11) is -3.44. The third kappa shape index (κ3) is 4.13. The minimum atomic E-state index is -3.44. The number of benzene rings is 2. The van der Waals surface area contributed by atoms with Gasteiger partial charge in [-0.05, 0) is 55.4 Å². The van der Waals surface area contributed by atoms with Crippen LogP contribution in [0.4, 0.5) is 0 Å². The van der Waals surface area contributed by atoms with Crippen LogP contribution in [0.15, 0.2) is 65.6 Å². The van der Waals surface area contributed by atoms with Crippen molar-refractivity contribution < 1.29 is 8.42 Å². The maximum Gasteiger partial charge on any atom is 0.240 e. The van der Waals surface area contributed by atoms with Gasteiger partial charge in [-0.15, -0.1) is 0 Å². The third-order valence-electron chi connectivity index (χ3n) is 4.47. The second-order valence-corrected chi connectivity index (χ2v) is 8.14. The van der Waals surface area contributed by atoms with E-state index in [1.165, 1.54) is 11.1 Å². The molecule has 3 rings (SSSR count). The highest BCUT2D eigenvalue weighted by molar-refractivity contribution is 7.89. The second kappa shape index (κ2) is 7.32. The largest absolute Gasteiger partial charge is 0.240 e. The number of hydrogen-bond donors (Lipinski definition) is 1. The molecule has 4 heteroatoms. The molecule has 0 heterocycles. The number of aryl methyl sites for hydroxylation is 1. The molecule has 1 aliphatic carbocycles. The van der Waals surface area contributed by atoms with Crippen LogP contribution >= 0.6 is 0 Å². The molecule has 0 spiro atoms. The number of sulfonamides is 1. The first-order chi connectivity index (χ1) is 11.5. The summed E-state index contributed by atoms with van der Waals surface area (Å²) in [6, 6.07) is 17.3. The Bertz CT molecular complexity index is 808. The zero-order valence-electron chi connectivity index (χ0n) is 13.9. The summed E-state index contributed by atoms with van der Waals surface area (Å²) in [6.07, 6.45) is 5.41. The maximum atomic E-state index is 12.4. The fraction of sp³-hybridized carbons (Fsp3) is 0.300. The number of hydrogen-bond acceptors (Lipinski definition) is 2. The summed E-state index contributed by atoms with van der Waals surface area (Å²) in [5, 5.41) is 0. The average Bonchev–Trinajstić information content (AvgIpc) is 2.61. The minimum absolute atomic E-state index is 0.245. The molecule has 0 aliphatic heterocycles. The van der Waals surface area contributed by atoms with Crippen molar-refractivity contribution in [3.05, 3.63) is 71.8 Å². The Balaban J connectivity index is 1.69. The maximum absolute atomic E-state index is 12.4. The predicted octanol–water partition coefficient (Wildman–Crippen LogP) is 4.16. The molecule has 2 aromatic rings. The molecule has 1 N–H and O–H groups in total. The van der Waals surface area contributed by atoms with E-state index in [4.69, 9.17) is 0 Å². The normalized spacial score (nSPS) is 18.2. The van der Waals surface area contributed by atoms with Gasteiger partial charge in [0, 0.05) is 6.54 Å². The lowest BCUT2D eigenvalue weighted by atomic mass is 9.87. The van der Waals surface area contributed by atoms with Gasteiger partial charge < -0.3 is 0 Å². The molecule has 0 bridgehead atoms. The van der Waals surface area contributed by atoms with Crippen molar-refractivity contribution in [2.45, 2.75) is 31.1 Å². The van der Waals surface area contributed by atoms with E-state index in [1.54, 1.807) is 12.1 Å². The molecule has 1 atom stereocenters. The molecule has 0 radical (unpaired) electrons. The van der Waals surface area contributed by atoms with E-state index in [0.29, 0.717) is 11.4 Å². The van der Waals surface area contributed by atoms with Crippen LogP contribution in [0.3, 0.4) is 0 Å². The van der Waals surface area contributed by atoms with Crippen LogP contribution in [0.5, 0.6) is 0 Å². The second-order valence-electron chi connectivity index (χ2n) is 6.38. The fourth-order valence-electron chi connectivity index (χ4n) is 3.08. The zero-order chi connectivity index (χ0) is 17.0. The lowest BCUT2D eigenvalue weighted by Crippen LogP contribution is -2.29. The molecule has 1 unspecified atom stereocenters. The highest BCUT2D eigenvalue weighted by atomic mass is 32.2. The molecule has 2 aromatic carbocycles. The standard InChI is InChI=1S/C20H23NO2S/c1-16-10-12-20(13-11-16)24(22,23)21-15-17-6-5-9-19(14-17)18-7-3-2-4-8-18/h2-4,7-8,10-14,17,21H,5-6,9,15H2,1H3. The van der Waals surface area contributed by atoms with E-state index in [9.17, 15) is 8.42 Å². The SMILES string of the molecule is Cc1ccc(S(=O)(=O)NCC2C=C(c3ccccc3)CCC2)cc1. The fourth-order valence-corrected chi connectivity index (χ4v) is 4.17. The Kier molecular flexibility index (Phi) is 5.17. The van der Waals surface area contributed by atoms with Crippen LogP contribution in [-0.2, 0) is 10.0 Å². The third-order valence-corrected chi connectivity index (χ3v) is 5.91. The molecule has 126 valence electrons. The van der Waals surface area contributed by atoms with Crippen molar-refractivity contribution in [1.29, 1.82) is 0 Å². The van der Waals surface area contributed by atoms with Crippen molar-refractivity contribution in [2.75, 3.05) is 6.54 Å². The molecule has 0 fully saturated rings. The molecule has 0 saturated carbocycles. The quantitative estimate of drug-likeness (QED) is 0.888. The van der Waals surface area contributed by atoms with Gasteiger partial charge in [0.2, 0.25) is 10.0 Å². The Labute approximate surface area is 144 Å². The first-order valence-corrected chi connectivity index (χ1v) is 9.85. The van der Waals surface area contributed by atoms with Crippen LogP contribution in [0, 0.1) is 12.8 Å². The Morgan fingerprint density at radius 1 is 1.04 bits per heavy atom. The molecule has 0 saturated heterocycles. The highest BCUT2D eigenvalue weighted by Gasteiger charge is 2.19. The molecule has 1 aliphatic rings. The van der Waals surface area contributed by atoms with E-state index in [0.717, 1.165) is 24.8 Å². The smallest absolute Gasteiger partial charge is 0.211 e. The van der Waals surface area contributed by atoms with Gasteiger partial charge in [-0.1, -0.05) is 54.1 Å². The van der Waals surface area contributed by atoms with Gasteiger partial charge in [0.15, 0.2) is 0 Å². The number of rotatable bonds is 5. The van der Waals surface area contributed by atoms with Gasteiger partial charge in [0.1, 0.15) is 0 Å². The Morgan fingerprint density at radius 3 is 2.46 bits per heavy atom. The van der Waals surface area contributed by atoms with Crippen molar-refractivity contribution in [3.8, 4) is 0 Å². The summed E-state index contributed by atoms with van der Waals surface area (Å²) in [6.45, 7) is 2.40. The van der Waals surface area contributed by atoms with E-state index < -0.39 is 10.0 Å². The Hall–Kier alpha value is -1.91. The molecule has 0 amide bonds. The zero-order valence-corrected chi connectivity index (χ0v) is 14.7. The molecular formula is C20H23NO2S. The van der Waals surface area contributed by atoms with Gasteiger partial charge in [-0.25, -0.2) is 13.1 Å². The van der Waals surface area contributed by atoms with E-state index in [-0.39, 0.29) is 5.92 Å². The minimum Gasteiger partial charge on any atom is -0.211 e. The topological polar surface area (TPSA) is 46.2 Å². The van der Waals surface area contributed by atoms with E-state index in [2.05, 4.69) is 22.9 Å². The van der Waals surface area contributed by atoms with Crippen molar-refractivity contribution in [1.82, 2.24) is 4.72 Å². The summed E-state index contributed by atoms with van der Waals surface area (Å²) < 4.78 is 27.6. The monoisotopic (exact) mass is 341 g/mol. The summed E-state index contributed by atoms with van der Waals surface area (Å²) in [4.78, 5) is 0.330. The van der Waals surface area contributed by atoms with Gasteiger partial charge in [-0.2, -0.15) is 0 Å². The lowest BCUT2D eigenvalue weighted by Gasteiger charge is -2.22. The van der Waals surface area contributed by atoms with Crippen LogP contribution in [0.1, 0.15) is 30.4 Å². The van der Waals surface area contributed by atoms with Crippen molar-refractivity contribution in [2.24, 2.45) is 5.92 Å². The molecular weight excluding hydrogens is 318 g/mol. The summed E-state index contributed by atoms with van der Waals surface area (Å²) in [5.41, 5.74) is 3.61. The first kappa shape index (κ1) is 16.9. The van der Waals surface area contributed by atoms with Crippen LogP contribution in [0.2, 0.25) is 0 Å². The van der Waals surface area contributed by atoms with Crippen LogP contribution in [0.25, 0.3) is 5.57 Å². The van der Waals surface area contributed by atoms with Crippen LogP contribution in [-0.4, -0.2) is 15.0 Å². The van der Waals surface area contributed by atoms with E-state index >= 15 is 0 Å². The number of nitrogens with one attached hydrogen (secondary N) is 1. The summed E-state index contributed by atoms with van der Waals surface area (Å²) in [5.74, 6) is 0.245. The Morgan fingerprint density at radius 2 is 1.75 bits per heavy atom. The summed E-state index contributed by atoms with van der Waals surface area (Å²) >= 11 is 0. The molecule has 24 heavy (non-hydrogen) atoms. The lowest BCUT2D eigenvalue weighted by molar-refractivity contribution is 0.523. The van der Waals surface area contributed by atoms with Crippen molar-refractivity contribution in [3.63, 3.8) is 0 Å². The number of allylic oxidation sites excluding steroid dienone is 1. The average molecular weight is 341 g/mol. The van der Waals surface area contributed by atoms with E-state index in [1.807, 2.05) is 37.3 Å². The van der Waals surface area contributed by atoms with Gasteiger partial charge in [-0.3, -0.25) is 0 Å². The molecule has 3 nitrogen and oxygen atoms in total. The first-order valence-electron chi connectivity index (χ1n) is 8.37. The predicted molar refractivity (Wildman–Crippen MR) is 98.1 cm³/mol. The van der Waals surface area contributed by atoms with Gasteiger partial charge in [0.05, 0.1) is 4.90 Å². The van der Waals surface area contributed by atoms with Gasteiger partial charge >= 0.3 is 0 Å².